The number of rotatable bonds is 1. The lowest BCUT2D eigenvalue weighted by molar-refractivity contribution is -0.146. The predicted octanol–water partition coefficient (Wildman–Crippen LogP) is 1.89. The van der Waals surface area contributed by atoms with Crippen LogP contribution >= 0.6 is 0 Å². The molecule has 0 amide bonds. The van der Waals surface area contributed by atoms with Crippen LogP contribution in [0.15, 0.2) is 30.3 Å². The van der Waals surface area contributed by atoms with Gasteiger partial charge in [0.05, 0.1) is 0 Å². The van der Waals surface area contributed by atoms with E-state index in [2.05, 4.69) is 5.32 Å². The van der Waals surface area contributed by atoms with Crippen LogP contribution in [0, 0.1) is 5.82 Å². The Kier molecular flexibility index (Phi) is 2.67. The number of hydrogen-bond donors (Lipinski definition) is 1. The summed E-state index contributed by atoms with van der Waals surface area (Å²) in [6.45, 7) is 1.65. The standard InChI is InChI=1S/C14H14FNO2/c15-11-3-1-10(2-4-11)12-9-13(17)18-14(12)5-7-16-8-6-14/h1-4,9,16H,5-8H2. The number of halogens is 1. The van der Waals surface area contributed by atoms with Crippen LogP contribution in [-0.4, -0.2) is 24.7 Å². The minimum atomic E-state index is -0.514. The van der Waals surface area contributed by atoms with Gasteiger partial charge < -0.3 is 10.1 Å². The van der Waals surface area contributed by atoms with Gasteiger partial charge in [-0.2, -0.15) is 0 Å². The third kappa shape index (κ3) is 1.82. The molecule has 1 aromatic carbocycles. The van der Waals surface area contributed by atoms with Crippen molar-refractivity contribution in [3.63, 3.8) is 0 Å². The molecule has 0 atom stereocenters. The van der Waals surface area contributed by atoms with Gasteiger partial charge in [0.1, 0.15) is 11.4 Å². The van der Waals surface area contributed by atoms with Crippen molar-refractivity contribution in [3.05, 3.63) is 41.7 Å². The van der Waals surface area contributed by atoms with Crippen molar-refractivity contribution < 1.29 is 13.9 Å². The van der Waals surface area contributed by atoms with Crippen LogP contribution in [0.2, 0.25) is 0 Å². The predicted molar refractivity (Wildman–Crippen MR) is 65.3 cm³/mol. The number of carbonyl (C=O) groups is 1. The minimum Gasteiger partial charge on any atom is -0.451 e. The third-order valence-electron chi connectivity index (χ3n) is 3.62. The highest BCUT2D eigenvalue weighted by atomic mass is 19.1. The van der Waals surface area contributed by atoms with E-state index in [0.717, 1.165) is 37.1 Å². The first-order chi connectivity index (χ1) is 8.70. The summed E-state index contributed by atoms with van der Waals surface area (Å²) in [5.41, 5.74) is 1.23. The molecular formula is C14H14FNO2. The second-order valence-corrected chi connectivity index (χ2v) is 4.73. The van der Waals surface area contributed by atoms with Crippen LogP contribution in [-0.2, 0) is 9.53 Å². The first-order valence-electron chi connectivity index (χ1n) is 6.11. The topological polar surface area (TPSA) is 38.3 Å². The van der Waals surface area contributed by atoms with E-state index in [-0.39, 0.29) is 11.8 Å². The van der Waals surface area contributed by atoms with Crippen LogP contribution < -0.4 is 5.32 Å². The van der Waals surface area contributed by atoms with Gasteiger partial charge in [-0.1, -0.05) is 12.1 Å². The zero-order chi connectivity index (χ0) is 12.6. The Bertz CT molecular complexity index is 501. The molecule has 1 fully saturated rings. The van der Waals surface area contributed by atoms with Gasteiger partial charge in [-0.25, -0.2) is 9.18 Å². The molecule has 0 saturated carbocycles. The second kappa shape index (κ2) is 4.21. The molecule has 0 aliphatic carbocycles. The number of hydrogen-bond acceptors (Lipinski definition) is 3. The lowest BCUT2D eigenvalue weighted by Crippen LogP contribution is -2.43. The molecule has 0 unspecified atom stereocenters. The first-order valence-corrected chi connectivity index (χ1v) is 6.11. The number of nitrogens with one attached hydrogen (secondary N) is 1. The Labute approximate surface area is 105 Å². The fourth-order valence-corrected chi connectivity index (χ4v) is 2.70. The fourth-order valence-electron chi connectivity index (χ4n) is 2.70. The average Bonchev–Trinajstić information content (AvgIpc) is 2.68. The molecule has 1 N–H and O–H groups in total. The monoisotopic (exact) mass is 247 g/mol. The van der Waals surface area contributed by atoms with Crippen LogP contribution in [0.3, 0.4) is 0 Å². The molecule has 94 valence electrons. The SMILES string of the molecule is O=C1C=C(c2ccc(F)cc2)C2(CCNCC2)O1. The maximum absolute atomic E-state index is 13.0. The van der Waals surface area contributed by atoms with Gasteiger partial charge in [0.15, 0.2) is 0 Å². The van der Waals surface area contributed by atoms with Crippen molar-refractivity contribution in [1.82, 2.24) is 5.32 Å². The van der Waals surface area contributed by atoms with E-state index in [4.69, 9.17) is 4.74 Å². The highest BCUT2D eigenvalue weighted by Crippen LogP contribution is 2.41. The van der Waals surface area contributed by atoms with Crippen LogP contribution in [0.1, 0.15) is 18.4 Å². The Morgan fingerprint density at radius 1 is 1.17 bits per heavy atom. The second-order valence-electron chi connectivity index (χ2n) is 4.73. The molecule has 3 nitrogen and oxygen atoms in total. The molecule has 0 aromatic heterocycles. The van der Waals surface area contributed by atoms with Crippen molar-refractivity contribution in [2.45, 2.75) is 18.4 Å². The van der Waals surface area contributed by atoms with Gasteiger partial charge in [0.25, 0.3) is 0 Å². The minimum absolute atomic E-state index is 0.274. The zero-order valence-electron chi connectivity index (χ0n) is 9.91. The highest BCUT2D eigenvalue weighted by molar-refractivity contribution is 5.98. The quantitative estimate of drug-likeness (QED) is 0.770. The van der Waals surface area contributed by atoms with Crippen molar-refractivity contribution in [3.8, 4) is 0 Å². The summed E-state index contributed by atoms with van der Waals surface area (Å²) >= 11 is 0. The Hall–Kier alpha value is -1.68. The van der Waals surface area contributed by atoms with Crippen molar-refractivity contribution >= 4 is 11.5 Å². The fraction of sp³-hybridized carbons (Fsp3) is 0.357. The van der Waals surface area contributed by atoms with Gasteiger partial charge >= 0.3 is 5.97 Å². The molecule has 0 bridgehead atoms. The van der Waals surface area contributed by atoms with Crippen molar-refractivity contribution in [2.75, 3.05) is 13.1 Å². The van der Waals surface area contributed by atoms with Gasteiger partial charge in [-0.15, -0.1) is 0 Å². The number of piperidine rings is 1. The maximum Gasteiger partial charge on any atom is 0.332 e. The molecule has 2 aliphatic heterocycles. The van der Waals surface area contributed by atoms with Gasteiger partial charge in [0, 0.05) is 24.5 Å². The molecule has 1 spiro atoms. The number of ether oxygens (including phenoxy) is 1. The zero-order valence-corrected chi connectivity index (χ0v) is 9.91. The van der Waals surface area contributed by atoms with Gasteiger partial charge in [-0.3, -0.25) is 0 Å². The van der Waals surface area contributed by atoms with Crippen molar-refractivity contribution in [1.29, 1.82) is 0 Å². The number of esters is 1. The van der Waals surface area contributed by atoms with Gasteiger partial charge in [-0.05, 0) is 30.8 Å². The normalized spacial score (nSPS) is 21.8. The summed E-state index contributed by atoms with van der Waals surface area (Å²) in [4.78, 5) is 11.6. The summed E-state index contributed by atoms with van der Waals surface area (Å²) in [7, 11) is 0. The maximum atomic E-state index is 13.0. The number of carbonyl (C=O) groups excluding carboxylic acids is 1. The molecule has 18 heavy (non-hydrogen) atoms. The molecule has 0 radical (unpaired) electrons. The molecule has 2 aliphatic rings. The summed E-state index contributed by atoms with van der Waals surface area (Å²) in [6, 6.07) is 6.22. The highest BCUT2D eigenvalue weighted by Gasteiger charge is 2.44. The first kappa shape index (κ1) is 11.4. The van der Waals surface area contributed by atoms with E-state index in [1.807, 2.05) is 0 Å². The van der Waals surface area contributed by atoms with Crippen LogP contribution in [0.5, 0.6) is 0 Å². The summed E-state index contributed by atoms with van der Waals surface area (Å²) in [6.07, 6.45) is 3.07. The molecule has 1 aromatic rings. The Balaban J connectivity index is 1.99. The molecule has 3 rings (SSSR count). The molecule has 1 saturated heterocycles. The van der Waals surface area contributed by atoms with E-state index >= 15 is 0 Å². The summed E-state index contributed by atoms with van der Waals surface area (Å²) in [5.74, 6) is -0.569. The average molecular weight is 247 g/mol. The van der Waals surface area contributed by atoms with E-state index in [0.29, 0.717) is 0 Å². The molecular weight excluding hydrogens is 233 g/mol. The smallest absolute Gasteiger partial charge is 0.332 e. The van der Waals surface area contributed by atoms with E-state index in [1.54, 1.807) is 18.2 Å². The van der Waals surface area contributed by atoms with Crippen molar-refractivity contribution in [2.24, 2.45) is 0 Å². The summed E-state index contributed by atoms with van der Waals surface area (Å²) in [5, 5.41) is 3.25. The van der Waals surface area contributed by atoms with E-state index in [1.165, 1.54) is 12.1 Å². The molecule has 4 heteroatoms. The van der Waals surface area contributed by atoms with Gasteiger partial charge in [0.2, 0.25) is 0 Å². The van der Waals surface area contributed by atoms with E-state index < -0.39 is 5.60 Å². The lowest BCUT2D eigenvalue weighted by atomic mass is 9.82. The van der Waals surface area contributed by atoms with E-state index in [9.17, 15) is 9.18 Å². The lowest BCUT2D eigenvalue weighted by Gasteiger charge is -2.35. The Morgan fingerprint density at radius 3 is 2.50 bits per heavy atom. The largest absolute Gasteiger partial charge is 0.451 e. The number of benzene rings is 1. The van der Waals surface area contributed by atoms with Crippen LogP contribution in [0.4, 0.5) is 4.39 Å². The molecule has 2 heterocycles. The summed E-state index contributed by atoms with van der Waals surface area (Å²) < 4.78 is 18.5. The third-order valence-corrected chi connectivity index (χ3v) is 3.62. The van der Waals surface area contributed by atoms with Crippen LogP contribution in [0.25, 0.3) is 5.57 Å². The Morgan fingerprint density at radius 2 is 1.83 bits per heavy atom.